The molecule has 0 aliphatic carbocycles. The highest BCUT2D eigenvalue weighted by atomic mass is 35.5. The highest BCUT2D eigenvalue weighted by Gasteiger charge is 2.15. The quantitative estimate of drug-likeness (QED) is 0.328. The molecule has 0 heterocycles. The molecular formula is C17H22ClN3O6. The van der Waals surface area contributed by atoms with Gasteiger partial charge >= 0.3 is 17.8 Å². The number of carboxylic acid groups (broad SMARTS) is 1. The number of benzene rings is 1. The van der Waals surface area contributed by atoms with E-state index in [0.717, 1.165) is 0 Å². The van der Waals surface area contributed by atoms with Gasteiger partial charge in [0.15, 0.2) is 18.1 Å². The second-order valence-electron chi connectivity index (χ2n) is 5.43. The Morgan fingerprint density at radius 2 is 1.96 bits per heavy atom. The maximum Gasteiger partial charge on any atom is 0.341 e. The SMILES string of the molecule is CCOc1cc(/C=N\NC(=O)C(=O)N[C@H](C)CC)cc(Cl)c1OCC(=O)O. The van der Waals surface area contributed by atoms with E-state index in [0.29, 0.717) is 18.6 Å². The van der Waals surface area contributed by atoms with E-state index < -0.39 is 24.4 Å². The summed E-state index contributed by atoms with van der Waals surface area (Å²) in [7, 11) is 0. The predicted molar refractivity (Wildman–Crippen MR) is 99.4 cm³/mol. The van der Waals surface area contributed by atoms with Crippen molar-refractivity contribution in [1.82, 2.24) is 10.7 Å². The molecule has 0 aromatic heterocycles. The molecule has 0 saturated heterocycles. The zero-order chi connectivity index (χ0) is 20.4. The fourth-order valence-electron chi connectivity index (χ4n) is 1.81. The van der Waals surface area contributed by atoms with E-state index in [1.165, 1.54) is 18.3 Å². The van der Waals surface area contributed by atoms with Gasteiger partial charge in [0.05, 0.1) is 17.8 Å². The van der Waals surface area contributed by atoms with Gasteiger partial charge in [-0.1, -0.05) is 18.5 Å². The van der Waals surface area contributed by atoms with Gasteiger partial charge in [0, 0.05) is 6.04 Å². The maximum atomic E-state index is 11.7. The van der Waals surface area contributed by atoms with E-state index in [2.05, 4.69) is 15.8 Å². The number of carbonyl (C=O) groups is 3. The molecule has 0 fully saturated rings. The molecule has 3 N–H and O–H groups in total. The molecule has 27 heavy (non-hydrogen) atoms. The third-order valence-corrected chi connectivity index (χ3v) is 3.53. The van der Waals surface area contributed by atoms with E-state index in [-0.39, 0.29) is 22.6 Å². The number of halogens is 1. The molecule has 0 saturated carbocycles. The zero-order valence-electron chi connectivity index (χ0n) is 15.2. The lowest BCUT2D eigenvalue weighted by molar-refractivity contribution is -0.139. The summed E-state index contributed by atoms with van der Waals surface area (Å²) in [5, 5.41) is 15.1. The van der Waals surface area contributed by atoms with Crippen LogP contribution in [0.3, 0.4) is 0 Å². The number of hydrazone groups is 1. The summed E-state index contributed by atoms with van der Waals surface area (Å²) in [4.78, 5) is 33.9. The first-order valence-electron chi connectivity index (χ1n) is 8.23. The van der Waals surface area contributed by atoms with E-state index in [9.17, 15) is 14.4 Å². The minimum atomic E-state index is -1.16. The topological polar surface area (TPSA) is 126 Å². The second-order valence-corrected chi connectivity index (χ2v) is 5.83. The van der Waals surface area contributed by atoms with E-state index >= 15 is 0 Å². The number of rotatable bonds is 9. The van der Waals surface area contributed by atoms with Gasteiger partial charge in [-0.2, -0.15) is 5.10 Å². The van der Waals surface area contributed by atoms with Crippen LogP contribution in [0, 0.1) is 0 Å². The molecule has 2 amide bonds. The van der Waals surface area contributed by atoms with Crippen molar-refractivity contribution in [2.45, 2.75) is 33.2 Å². The smallest absolute Gasteiger partial charge is 0.341 e. The van der Waals surface area contributed by atoms with Crippen LogP contribution in [0.4, 0.5) is 0 Å². The van der Waals surface area contributed by atoms with Gasteiger partial charge in [-0.25, -0.2) is 10.2 Å². The first-order chi connectivity index (χ1) is 12.8. The zero-order valence-corrected chi connectivity index (χ0v) is 16.0. The Hall–Kier alpha value is -2.81. The largest absolute Gasteiger partial charge is 0.490 e. The van der Waals surface area contributed by atoms with Gasteiger partial charge in [0.25, 0.3) is 0 Å². The fourth-order valence-corrected chi connectivity index (χ4v) is 2.08. The molecule has 0 aliphatic heterocycles. The number of hydrogen-bond donors (Lipinski definition) is 3. The van der Waals surface area contributed by atoms with Gasteiger partial charge in [0.1, 0.15) is 0 Å². The van der Waals surface area contributed by atoms with Crippen molar-refractivity contribution in [3.63, 3.8) is 0 Å². The summed E-state index contributed by atoms with van der Waals surface area (Å²) in [6.07, 6.45) is 1.96. The van der Waals surface area contributed by atoms with E-state index in [4.69, 9.17) is 26.2 Å². The fraction of sp³-hybridized carbons (Fsp3) is 0.412. The van der Waals surface area contributed by atoms with E-state index in [1.807, 2.05) is 6.92 Å². The molecule has 0 spiro atoms. The van der Waals surface area contributed by atoms with Crippen LogP contribution in [0.15, 0.2) is 17.2 Å². The molecule has 148 valence electrons. The van der Waals surface area contributed by atoms with Crippen LogP contribution in [0.5, 0.6) is 11.5 Å². The van der Waals surface area contributed by atoms with Crippen molar-refractivity contribution >= 4 is 35.6 Å². The van der Waals surface area contributed by atoms with Crippen LogP contribution in [-0.4, -0.2) is 48.4 Å². The van der Waals surface area contributed by atoms with Crippen molar-refractivity contribution in [3.8, 4) is 11.5 Å². The monoisotopic (exact) mass is 399 g/mol. The maximum absolute atomic E-state index is 11.7. The molecule has 0 bridgehead atoms. The number of nitrogens with one attached hydrogen (secondary N) is 2. The van der Waals surface area contributed by atoms with Crippen LogP contribution in [-0.2, 0) is 14.4 Å². The Morgan fingerprint density at radius 1 is 1.26 bits per heavy atom. The number of nitrogens with zero attached hydrogens (tertiary/aromatic N) is 1. The third-order valence-electron chi connectivity index (χ3n) is 3.25. The Bertz CT molecular complexity index is 723. The molecule has 1 atom stereocenters. The summed E-state index contributed by atoms with van der Waals surface area (Å²) in [5.74, 6) is -2.52. The van der Waals surface area contributed by atoms with Crippen LogP contribution in [0.1, 0.15) is 32.8 Å². The summed E-state index contributed by atoms with van der Waals surface area (Å²) >= 11 is 6.11. The van der Waals surface area contributed by atoms with Crippen LogP contribution in [0.25, 0.3) is 0 Å². The Kier molecular flexibility index (Phi) is 9.07. The lowest BCUT2D eigenvalue weighted by Gasteiger charge is -2.13. The molecule has 1 aromatic rings. The van der Waals surface area contributed by atoms with Crippen molar-refractivity contribution in [2.24, 2.45) is 5.10 Å². The van der Waals surface area contributed by atoms with Gasteiger partial charge in [-0.3, -0.25) is 9.59 Å². The molecular weight excluding hydrogens is 378 g/mol. The molecule has 1 aromatic carbocycles. The molecule has 10 heteroatoms. The van der Waals surface area contributed by atoms with Crippen LogP contribution in [0.2, 0.25) is 5.02 Å². The number of hydrogen-bond acceptors (Lipinski definition) is 6. The van der Waals surface area contributed by atoms with Crippen molar-refractivity contribution < 1.29 is 29.0 Å². The predicted octanol–water partition coefficient (Wildman–Crippen LogP) is 1.57. The summed E-state index contributed by atoms with van der Waals surface area (Å²) < 4.78 is 10.5. The average molecular weight is 400 g/mol. The minimum Gasteiger partial charge on any atom is -0.490 e. The van der Waals surface area contributed by atoms with Crippen LogP contribution >= 0.6 is 11.6 Å². The first-order valence-corrected chi connectivity index (χ1v) is 8.61. The molecule has 0 aliphatic rings. The van der Waals surface area contributed by atoms with Crippen molar-refractivity contribution in [3.05, 3.63) is 22.7 Å². The number of amides is 2. The van der Waals surface area contributed by atoms with Gasteiger partial charge in [0.2, 0.25) is 0 Å². The third kappa shape index (κ3) is 7.53. The number of ether oxygens (including phenoxy) is 2. The van der Waals surface area contributed by atoms with E-state index in [1.54, 1.807) is 13.8 Å². The highest BCUT2D eigenvalue weighted by molar-refractivity contribution is 6.35. The summed E-state index contributed by atoms with van der Waals surface area (Å²) in [6.45, 7) is 5.12. The normalized spacial score (nSPS) is 11.7. The van der Waals surface area contributed by atoms with Gasteiger partial charge in [-0.05, 0) is 38.0 Å². The number of aliphatic carboxylic acids is 1. The second kappa shape index (κ2) is 11.0. The molecule has 0 radical (unpaired) electrons. The van der Waals surface area contributed by atoms with Gasteiger partial charge < -0.3 is 19.9 Å². The lowest BCUT2D eigenvalue weighted by atomic mass is 10.2. The summed E-state index contributed by atoms with van der Waals surface area (Å²) in [5.41, 5.74) is 2.56. The Morgan fingerprint density at radius 3 is 2.56 bits per heavy atom. The molecule has 1 rings (SSSR count). The van der Waals surface area contributed by atoms with Crippen LogP contribution < -0.4 is 20.2 Å². The summed E-state index contributed by atoms with van der Waals surface area (Å²) in [6, 6.07) is 2.84. The number of carbonyl (C=O) groups excluding carboxylic acids is 2. The average Bonchev–Trinajstić information content (AvgIpc) is 2.60. The Balaban J connectivity index is 2.85. The number of carboxylic acids is 1. The molecule has 9 nitrogen and oxygen atoms in total. The Labute approximate surface area is 161 Å². The minimum absolute atomic E-state index is 0.0926. The first kappa shape index (κ1) is 22.2. The standard InChI is InChI=1S/C17H22ClN3O6/c1-4-10(3)20-16(24)17(25)21-19-8-11-6-12(18)15(27-9-14(22)23)13(7-11)26-5-2/h6-8,10H,4-5,9H2,1-3H3,(H,20,24)(H,21,25)(H,22,23)/b19-8-/t10-/m1/s1. The lowest BCUT2D eigenvalue weighted by Crippen LogP contribution is -2.41. The highest BCUT2D eigenvalue weighted by Crippen LogP contribution is 2.36. The molecule has 0 unspecified atom stereocenters. The van der Waals surface area contributed by atoms with Crippen molar-refractivity contribution in [2.75, 3.05) is 13.2 Å². The van der Waals surface area contributed by atoms with Gasteiger partial charge in [-0.15, -0.1) is 0 Å². The van der Waals surface area contributed by atoms with Crippen molar-refractivity contribution in [1.29, 1.82) is 0 Å².